The predicted octanol–water partition coefficient (Wildman–Crippen LogP) is 9.27. The molecule has 0 aliphatic heterocycles. The number of carbonyl (C=O) groups excluding carboxylic acids is 1. The first kappa shape index (κ1) is 27.7. The molecule has 0 aliphatic carbocycles. The lowest BCUT2D eigenvalue weighted by atomic mass is 9.96. The highest BCUT2D eigenvalue weighted by Gasteiger charge is 2.17. The molecule has 0 heterocycles. The van der Waals surface area contributed by atoms with Gasteiger partial charge in [-0.05, 0) is 72.2 Å². The number of carbonyl (C=O) groups is 1. The van der Waals surface area contributed by atoms with Gasteiger partial charge in [0, 0.05) is 11.1 Å². The number of allylic oxidation sites excluding steroid dienone is 1. The van der Waals surface area contributed by atoms with Crippen LogP contribution in [0.3, 0.4) is 0 Å². The maximum Gasteiger partial charge on any atom is 0.338 e. The standard InChI is InChI=1S/C34H38O3/c1-7-10-11-13-26-14-16-27(17-15-26)28-18-20-29(21-19-28)31-23-32(36-25(6)9-3)30(12-8-2)22-33(31)37-34(35)24(4)5/h9,14-23H,3-4,6-8,10-13H2,1-2,5H3. The van der Waals surface area contributed by atoms with E-state index in [9.17, 15) is 4.79 Å². The van der Waals surface area contributed by atoms with Crippen molar-refractivity contribution in [1.29, 1.82) is 0 Å². The van der Waals surface area contributed by atoms with Crippen molar-refractivity contribution < 1.29 is 14.3 Å². The van der Waals surface area contributed by atoms with Crippen molar-refractivity contribution >= 4 is 5.97 Å². The minimum absolute atomic E-state index is 0.344. The van der Waals surface area contributed by atoms with Crippen molar-refractivity contribution in [1.82, 2.24) is 0 Å². The molecular weight excluding hydrogens is 456 g/mol. The summed E-state index contributed by atoms with van der Waals surface area (Å²) in [6, 6.07) is 20.9. The topological polar surface area (TPSA) is 35.5 Å². The molecule has 3 heteroatoms. The van der Waals surface area contributed by atoms with Crippen molar-refractivity contribution in [3.05, 3.63) is 109 Å². The van der Waals surface area contributed by atoms with E-state index in [2.05, 4.69) is 70.0 Å². The highest BCUT2D eigenvalue weighted by molar-refractivity contribution is 5.90. The average Bonchev–Trinajstić information content (AvgIpc) is 2.90. The molecule has 0 saturated heterocycles. The second-order valence-electron chi connectivity index (χ2n) is 9.38. The summed E-state index contributed by atoms with van der Waals surface area (Å²) in [5, 5.41) is 0. The number of aryl methyl sites for hydroxylation is 2. The molecule has 0 fully saturated rings. The highest BCUT2D eigenvalue weighted by Crippen LogP contribution is 2.38. The van der Waals surface area contributed by atoms with Gasteiger partial charge in [-0.15, -0.1) is 0 Å². The zero-order chi connectivity index (χ0) is 26.8. The van der Waals surface area contributed by atoms with E-state index in [4.69, 9.17) is 9.47 Å². The van der Waals surface area contributed by atoms with E-state index in [1.165, 1.54) is 30.4 Å². The zero-order valence-corrected chi connectivity index (χ0v) is 22.4. The molecule has 0 atom stereocenters. The van der Waals surface area contributed by atoms with Crippen LogP contribution in [0.1, 0.15) is 57.6 Å². The Kier molecular flexibility index (Phi) is 10.1. The summed E-state index contributed by atoms with van der Waals surface area (Å²) in [7, 11) is 0. The minimum Gasteiger partial charge on any atom is -0.458 e. The number of unbranched alkanes of at least 4 members (excludes halogenated alkanes) is 2. The fourth-order valence-corrected chi connectivity index (χ4v) is 4.13. The van der Waals surface area contributed by atoms with Crippen LogP contribution in [0.2, 0.25) is 0 Å². The van der Waals surface area contributed by atoms with Crippen LogP contribution in [0.15, 0.2) is 97.8 Å². The Labute approximate surface area is 222 Å². The van der Waals surface area contributed by atoms with E-state index in [0.717, 1.165) is 41.5 Å². The Balaban J connectivity index is 1.97. The summed E-state index contributed by atoms with van der Waals surface area (Å²) >= 11 is 0. The van der Waals surface area contributed by atoms with Crippen LogP contribution in [0, 0.1) is 0 Å². The number of hydrogen-bond acceptors (Lipinski definition) is 3. The molecule has 3 aromatic rings. The second-order valence-corrected chi connectivity index (χ2v) is 9.38. The second kappa shape index (κ2) is 13.5. The van der Waals surface area contributed by atoms with Gasteiger partial charge < -0.3 is 9.47 Å². The molecule has 0 unspecified atom stereocenters. The van der Waals surface area contributed by atoms with Gasteiger partial charge in [0.05, 0.1) is 0 Å². The van der Waals surface area contributed by atoms with Crippen LogP contribution in [0.4, 0.5) is 0 Å². The van der Waals surface area contributed by atoms with Crippen LogP contribution < -0.4 is 9.47 Å². The molecule has 192 valence electrons. The summed E-state index contributed by atoms with van der Waals surface area (Å²) in [6.07, 6.45) is 8.11. The van der Waals surface area contributed by atoms with E-state index < -0.39 is 5.97 Å². The normalized spacial score (nSPS) is 10.6. The third-order valence-electron chi connectivity index (χ3n) is 6.25. The lowest BCUT2D eigenvalue weighted by molar-refractivity contribution is -0.130. The van der Waals surface area contributed by atoms with Gasteiger partial charge in [-0.3, -0.25) is 0 Å². The molecule has 3 rings (SSSR count). The Bertz CT molecular complexity index is 1250. The van der Waals surface area contributed by atoms with Gasteiger partial charge in [0.2, 0.25) is 0 Å². The molecule has 0 amide bonds. The molecule has 0 bridgehead atoms. The maximum absolute atomic E-state index is 12.4. The molecule has 0 spiro atoms. The summed E-state index contributed by atoms with van der Waals surface area (Å²) in [4.78, 5) is 12.4. The summed E-state index contributed by atoms with van der Waals surface area (Å²) < 4.78 is 11.8. The number of esters is 1. The Morgan fingerprint density at radius 2 is 1.41 bits per heavy atom. The van der Waals surface area contributed by atoms with Gasteiger partial charge in [-0.25, -0.2) is 4.79 Å². The van der Waals surface area contributed by atoms with E-state index in [1.54, 1.807) is 13.0 Å². The molecule has 0 radical (unpaired) electrons. The Morgan fingerprint density at radius 1 is 0.784 bits per heavy atom. The predicted molar refractivity (Wildman–Crippen MR) is 155 cm³/mol. The van der Waals surface area contributed by atoms with Gasteiger partial charge in [-0.1, -0.05) is 101 Å². The molecule has 3 aromatic carbocycles. The van der Waals surface area contributed by atoms with Crippen LogP contribution >= 0.6 is 0 Å². The van der Waals surface area contributed by atoms with Crippen LogP contribution in [0.25, 0.3) is 22.3 Å². The van der Waals surface area contributed by atoms with Gasteiger partial charge in [0.15, 0.2) is 0 Å². The number of benzene rings is 3. The van der Waals surface area contributed by atoms with Gasteiger partial charge >= 0.3 is 5.97 Å². The van der Waals surface area contributed by atoms with Gasteiger partial charge in [-0.2, -0.15) is 0 Å². The van der Waals surface area contributed by atoms with Crippen molar-refractivity contribution in [2.24, 2.45) is 0 Å². The third-order valence-corrected chi connectivity index (χ3v) is 6.25. The minimum atomic E-state index is -0.455. The molecule has 3 nitrogen and oxygen atoms in total. The monoisotopic (exact) mass is 494 g/mol. The first-order chi connectivity index (χ1) is 17.9. The van der Waals surface area contributed by atoms with Crippen LogP contribution in [-0.2, 0) is 17.6 Å². The van der Waals surface area contributed by atoms with Gasteiger partial charge in [0.1, 0.15) is 17.3 Å². The fourth-order valence-electron chi connectivity index (χ4n) is 4.13. The number of hydrogen-bond donors (Lipinski definition) is 0. The van der Waals surface area contributed by atoms with Crippen molar-refractivity contribution in [3.8, 4) is 33.8 Å². The van der Waals surface area contributed by atoms with E-state index in [-0.39, 0.29) is 0 Å². The third kappa shape index (κ3) is 7.57. The highest BCUT2D eigenvalue weighted by atomic mass is 16.5. The van der Waals surface area contributed by atoms with Crippen molar-refractivity contribution in [2.45, 2.75) is 59.3 Å². The summed E-state index contributed by atoms with van der Waals surface area (Å²) in [6.45, 7) is 17.3. The van der Waals surface area contributed by atoms with E-state index in [1.807, 2.05) is 24.3 Å². The van der Waals surface area contributed by atoms with Crippen LogP contribution in [0.5, 0.6) is 11.5 Å². The SMILES string of the molecule is C=CC(=C)Oc1cc(-c2ccc(-c3ccc(CCCCC)cc3)cc2)c(OC(=O)C(=C)C)cc1CCC. The van der Waals surface area contributed by atoms with Gasteiger partial charge in [0.25, 0.3) is 0 Å². The van der Waals surface area contributed by atoms with E-state index in [0.29, 0.717) is 22.8 Å². The quantitative estimate of drug-likeness (QED) is 0.0593. The molecule has 0 saturated carbocycles. The lowest BCUT2D eigenvalue weighted by Gasteiger charge is -2.17. The van der Waals surface area contributed by atoms with Crippen molar-refractivity contribution in [3.63, 3.8) is 0 Å². The fraction of sp³-hybridized carbons (Fsp3) is 0.265. The molecule has 0 N–H and O–H groups in total. The lowest BCUT2D eigenvalue weighted by Crippen LogP contribution is -2.10. The number of ether oxygens (including phenoxy) is 2. The van der Waals surface area contributed by atoms with Crippen molar-refractivity contribution in [2.75, 3.05) is 0 Å². The smallest absolute Gasteiger partial charge is 0.338 e. The number of rotatable bonds is 13. The van der Waals surface area contributed by atoms with E-state index >= 15 is 0 Å². The van der Waals surface area contributed by atoms with Crippen LogP contribution in [-0.4, -0.2) is 5.97 Å². The molecular formula is C34H38O3. The first-order valence-electron chi connectivity index (χ1n) is 13.1. The maximum atomic E-state index is 12.4. The summed E-state index contributed by atoms with van der Waals surface area (Å²) in [5.74, 6) is 1.17. The largest absolute Gasteiger partial charge is 0.458 e. The Morgan fingerprint density at radius 3 is 1.97 bits per heavy atom. The average molecular weight is 495 g/mol. The Hall–Kier alpha value is -3.85. The zero-order valence-electron chi connectivity index (χ0n) is 22.4. The molecule has 37 heavy (non-hydrogen) atoms. The molecule has 0 aliphatic rings. The first-order valence-corrected chi connectivity index (χ1v) is 13.1. The summed E-state index contributed by atoms with van der Waals surface area (Å²) in [5.41, 5.74) is 6.64. The molecule has 0 aromatic heterocycles.